The van der Waals surface area contributed by atoms with E-state index in [0.29, 0.717) is 0 Å². The van der Waals surface area contributed by atoms with Gasteiger partial charge in [0.25, 0.3) is 0 Å². The van der Waals surface area contributed by atoms with E-state index in [1.54, 1.807) is 0 Å². The van der Waals surface area contributed by atoms with E-state index in [9.17, 15) is 0 Å². The fourth-order valence-electron chi connectivity index (χ4n) is 0. The molecule has 2 N–H and O–H groups in total. The van der Waals surface area contributed by atoms with Gasteiger partial charge < -0.3 is 5.48 Å². The summed E-state index contributed by atoms with van der Waals surface area (Å²) >= 11 is 0. The van der Waals surface area contributed by atoms with Crippen LogP contribution in [-0.4, -0.2) is 5.48 Å². The zero-order chi connectivity index (χ0) is 0. The molecule has 0 heterocycles. The fourth-order valence-corrected chi connectivity index (χ4v) is 0. The van der Waals surface area contributed by atoms with Gasteiger partial charge in [-0.1, -0.05) is 0 Å². The van der Waals surface area contributed by atoms with Crippen LogP contribution in [0.3, 0.4) is 0 Å². The molecular weight excluding hydrogens is 113 g/mol. The molecular formula is H4CoF2O. The van der Waals surface area contributed by atoms with Crippen molar-refractivity contribution >= 4 is 0 Å². The fraction of sp³-hybridized carbons (Fsp3) is 0. The molecule has 4 heavy (non-hydrogen) atoms. The maximum absolute atomic E-state index is 0. The first-order valence-electron chi connectivity index (χ1n) is 0. The van der Waals surface area contributed by atoms with Crippen molar-refractivity contribution in [1.82, 2.24) is 0 Å². The van der Waals surface area contributed by atoms with Crippen LogP contribution in [0.2, 0.25) is 0 Å². The second kappa shape index (κ2) is 169. The minimum absolute atomic E-state index is 0. The van der Waals surface area contributed by atoms with Crippen molar-refractivity contribution in [3.63, 3.8) is 0 Å². The van der Waals surface area contributed by atoms with Gasteiger partial charge in [0.1, 0.15) is 0 Å². The summed E-state index contributed by atoms with van der Waals surface area (Å²) in [6.07, 6.45) is 0. The Morgan fingerprint density at radius 3 is 0.750 bits per heavy atom. The van der Waals surface area contributed by atoms with Gasteiger partial charge in [-0.15, -0.1) is 0 Å². The van der Waals surface area contributed by atoms with E-state index in [0.717, 1.165) is 0 Å². The van der Waals surface area contributed by atoms with Crippen molar-refractivity contribution in [2.45, 2.75) is 0 Å². The maximum atomic E-state index is 0. The minimum Gasteiger partial charge on any atom is -0.412 e. The van der Waals surface area contributed by atoms with Crippen molar-refractivity contribution in [3.05, 3.63) is 0 Å². The first kappa shape index (κ1) is 449. The third-order valence-electron chi connectivity index (χ3n) is 0. The smallest absolute Gasteiger partial charge is 0 e. The third kappa shape index (κ3) is 38.4. The molecule has 0 spiro atoms. The third-order valence-corrected chi connectivity index (χ3v) is 0. The Morgan fingerprint density at radius 2 is 0.750 bits per heavy atom. The Morgan fingerprint density at radius 1 is 0.750 bits per heavy atom. The molecule has 0 aromatic rings. The van der Waals surface area contributed by atoms with Gasteiger partial charge in [0.2, 0.25) is 0 Å². The maximum Gasteiger partial charge on any atom is 0 e. The molecule has 0 aliphatic rings. The Hall–Kier alpha value is 0.326. The van der Waals surface area contributed by atoms with Gasteiger partial charge in [-0.25, -0.2) is 0 Å². The SMILES string of the molecule is F.F.O.[Co]. The number of hydrogen-bond acceptors (Lipinski definition) is 0. The van der Waals surface area contributed by atoms with Crippen LogP contribution >= 0.6 is 0 Å². The number of halogens is 2. The van der Waals surface area contributed by atoms with Crippen molar-refractivity contribution < 1.29 is 31.7 Å². The van der Waals surface area contributed by atoms with E-state index in [1.807, 2.05) is 0 Å². The van der Waals surface area contributed by atoms with Crippen LogP contribution in [0.4, 0.5) is 9.41 Å². The van der Waals surface area contributed by atoms with Crippen LogP contribution < -0.4 is 0 Å². The summed E-state index contributed by atoms with van der Waals surface area (Å²) in [6.45, 7) is 0. The average Bonchev–Trinajstić information content (AvgIpc) is 0. The predicted octanol–water partition coefficient (Wildman–Crippen LogP) is -0.522. The van der Waals surface area contributed by atoms with Gasteiger partial charge in [0.05, 0.1) is 0 Å². The van der Waals surface area contributed by atoms with Crippen LogP contribution in [0.1, 0.15) is 0 Å². The first-order chi connectivity index (χ1) is 0. The van der Waals surface area contributed by atoms with Crippen LogP contribution in [-0.2, 0) is 16.8 Å². The molecule has 4 heteroatoms. The molecule has 0 unspecified atom stereocenters. The molecule has 1 radical (unpaired) electrons. The van der Waals surface area contributed by atoms with E-state index in [-0.39, 0.29) is 31.7 Å². The van der Waals surface area contributed by atoms with Gasteiger partial charge in [-0.3, -0.25) is 9.41 Å². The summed E-state index contributed by atoms with van der Waals surface area (Å²) in [5, 5.41) is 0. The molecule has 0 fully saturated rings. The normalized spacial score (nSPS) is 0. The zero-order valence-electron chi connectivity index (χ0n) is 1.65. The van der Waals surface area contributed by atoms with Crippen molar-refractivity contribution in [2.75, 3.05) is 0 Å². The second-order valence-corrected chi connectivity index (χ2v) is 0. The van der Waals surface area contributed by atoms with Gasteiger partial charge in [0, 0.05) is 16.8 Å². The zero-order valence-corrected chi connectivity index (χ0v) is 2.69. The van der Waals surface area contributed by atoms with Gasteiger partial charge in [0.15, 0.2) is 0 Å². The van der Waals surface area contributed by atoms with Gasteiger partial charge in [-0.2, -0.15) is 0 Å². The summed E-state index contributed by atoms with van der Waals surface area (Å²) in [7, 11) is 0. The molecule has 0 aliphatic carbocycles. The summed E-state index contributed by atoms with van der Waals surface area (Å²) in [5.41, 5.74) is 0. The molecule has 0 amide bonds. The van der Waals surface area contributed by atoms with Crippen LogP contribution in [0.15, 0.2) is 0 Å². The molecule has 0 saturated carbocycles. The molecule has 0 aromatic carbocycles. The van der Waals surface area contributed by atoms with Crippen molar-refractivity contribution in [1.29, 1.82) is 0 Å². The molecule has 0 bridgehead atoms. The van der Waals surface area contributed by atoms with E-state index < -0.39 is 0 Å². The Balaban J connectivity index is 0. The quantitative estimate of drug-likeness (QED) is 0.408. The van der Waals surface area contributed by atoms with Crippen molar-refractivity contribution in [2.24, 2.45) is 0 Å². The van der Waals surface area contributed by atoms with Crippen molar-refractivity contribution in [3.8, 4) is 0 Å². The van der Waals surface area contributed by atoms with Crippen LogP contribution in [0, 0.1) is 0 Å². The molecule has 0 rings (SSSR count). The molecule has 33 valence electrons. The summed E-state index contributed by atoms with van der Waals surface area (Å²) in [5.74, 6) is 0. The van der Waals surface area contributed by atoms with Gasteiger partial charge in [-0.05, 0) is 0 Å². The summed E-state index contributed by atoms with van der Waals surface area (Å²) in [6, 6.07) is 0. The molecule has 0 aromatic heterocycles. The van der Waals surface area contributed by atoms with E-state index in [1.165, 1.54) is 0 Å². The van der Waals surface area contributed by atoms with E-state index in [4.69, 9.17) is 0 Å². The largest absolute Gasteiger partial charge is 0.412 e. The van der Waals surface area contributed by atoms with Crippen LogP contribution in [0.5, 0.6) is 0 Å². The monoisotopic (exact) mass is 117 g/mol. The summed E-state index contributed by atoms with van der Waals surface area (Å²) < 4.78 is 0. The van der Waals surface area contributed by atoms with Gasteiger partial charge >= 0.3 is 0 Å². The van der Waals surface area contributed by atoms with E-state index in [2.05, 4.69) is 0 Å². The minimum atomic E-state index is 0. The number of rotatable bonds is 0. The first-order valence-corrected chi connectivity index (χ1v) is 0. The molecule has 1 nitrogen and oxygen atoms in total. The molecule has 0 saturated heterocycles. The molecule has 0 atom stereocenters. The topological polar surface area (TPSA) is 31.5 Å². The Labute approximate surface area is 32.6 Å². The second-order valence-electron chi connectivity index (χ2n) is 0. The van der Waals surface area contributed by atoms with Crippen LogP contribution in [0.25, 0.3) is 0 Å². The Bertz CT molecular complexity index is 6.00. The average molecular weight is 117 g/mol. The molecule has 0 aliphatic heterocycles. The predicted molar refractivity (Wildman–Crippen MR) is 8.62 cm³/mol. The number of hydrogen-bond donors (Lipinski definition) is 0. The van der Waals surface area contributed by atoms with E-state index >= 15 is 0 Å². The Kier molecular flexibility index (Phi) is 19000. The summed E-state index contributed by atoms with van der Waals surface area (Å²) in [4.78, 5) is 0. The standard InChI is InChI=1S/Co.2FH.H2O/h;2*1H;1H2.